The van der Waals surface area contributed by atoms with E-state index in [1.165, 1.54) is 6.33 Å². The van der Waals surface area contributed by atoms with Gasteiger partial charge in [0, 0.05) is 55.4 Å². The summed E-state index contributed by atoms with van der Waals surface area (Å²) < 4.78 is 12.2. The highest BCUT2D eigenvalue weighted by molar-refractivity contribution is 5.89. The summed E-state index contributed by atoms with van der Waals surface area (Å²) in [5.41, 5.74) is 0.572. The number of carbonyl (C=O) groups excluding carboxylic acids is 1. The number of methoxy groups -OCH3 is 2. The van der Waals surface area contributed by atoms with Gasteiger partial charge in [-0.2, -0.15) is 0 Å². The van der Waals surface area contributed by atoms with Crippen molar-refractivity contribution in [3.05, 3.63) is 48.8 Å². The van der Waals surface area contributed by atoms with E-state index in [1.54, 1.807) is 38.6 Å². The van der Waals surface area contributed by atoms with Gasteiger partial charge in [-0.15, -0.1) is 0 Å². The third-order valence-electron chi connectivity index (χ3n) is 4.05. The molecule has 0 aliphatic rings. The molecule has 0 fully saturated rings. The number of aromatic nitrogens is 4. The highest BCUT2D eigenvalue weighted by Gasteiger charge is 2.06. The largest absolute Gasteiger partial charge is 0.497 e. The first-order valence-corrected chi connectivity index (χ1v) is 8.93. The van der Waals surface area contributed by atoms with Crippen LogP contribution in [-0.2, 0) is 0 Å². The van der Waals surface area contributed by atoms with Crippen molar-refractivity contribution in [2.75, 3.05) is 37.9 Å². The summed E-state index contributed by atoms with van der Waals surface area (Å²) >= 11 is 0. The monoisotopic (exact) mass is 397 g/mol. The zero-order valence-corrected chi connectivity index (χ0v) is 16.5. The molecule has 152 valence electrons. The van der Waals surface area contributed by atoms with Gasteiger partial charge in [-0.3, -0.25) is 4.57 Å². The van der Waals surface area contributed by atoms with Gasteiger partial charge in [0.2, 0.25) is 0 Å². The van der Waals surface area contributed by atoms with Crippen molar-refractivity contribution in [3.63, 3.8) is 0 Å². The number of imidazole rings is 1. The van der Waals surface area contributed by atoms with Crippen LogP contribution < -0.4 is 25.4 Å². The lowest BCUT2D eigenvalue weighted by Gasteiger charge is -2.11. The van der Waals surface area contributed by atoms with Crippen molar-refractivity contribution in [3.8, 4) is 17.3 Å². The maximum Gasteiger partial charge on any atom is 0.319 e. The maximum absolute atomic E-state index is 12.1. The number of anilines is 2. The lowest BCUT2D eigenvalue weighted by molar-refractivity contribution is 0.252. The van der Waals surface area contributed by atoms with Crippen molar-refractivity contribution in [2.45, 2.75) is 6.92 Å². The average Bonchev–Trinajstić information content (AvgIpc) is 3.17. The summed E-state index contributed by atoms with van der Waals surface area (Å²) in [6.07, 6.45) is 5.03. The Kier molecular flexibility index (Phi) is 6.46. The van der Waals surface area contributed by atoms with Crippen molar-refractivity contribution < 1.29 is 14.3 Å². The number of benzene rings is 1. The Labute approximate surface area is 168 Å². The molecule has 10 heteroatoms. The first kappa shape index (κ1) is 19.9. The Balaban J connectivity index is 1.48. The van der Waals surface area contributed by atoms with Gasteiger partial charge >= 0.3 is 6.03 Å². The molecule has 1 aromatic carbocycles. The molecule has 3 rings (SSSR count). The summed E-state index contributed by atoms with van der Waals surface area (Å²) in [5.74, 6) is 3.39. The second kappa shape index (κ2) is 9.40. The van der Waals surface area contributed by atoms with E-state index in [4.69, 9.17) is 9.47 Å². The standard InChI is InChI=1S/C19H23N7O3/c1-13-20-6-7-26(13)18-11-17(23-12-24-18)21-4-5-22-19(27)25-14-8-15(28-2)10-16(9-14)29-3/h6-12H,4-5H2,1-3H3,(H,21,23,24)(H2,22,25,27). The Morgan fingerprint density at radius 1 is 1.03 bits per heavy atom. The van der Waals surface area contributed by atoms with E-state index >= 15 is 0 Å². The van der Waals surface area contributed by atoms with Gasteiger partial charge in [0.15, 0.2) is 0 Å². The van der Waals surface area contributed by atoms with Gasteiger partial charge in [-0.1, -0.05) is 0 Å². The molecule has 0 bridgehead atoms. The lowest BCUT2D eigenvalue weighted by Crippen LogP contribution is -2.32. The molecule has 0 atom stereocenters. The van der Waals surface area contributed by atoms with Crippen LogP contribution in [0.25, 0.3) is 5.82 Å². The van der Waals surface area contributed by atoms with Crippen LogP contribution in [0.1, 0.15) is 5.82 Å². The number of nitrogens with zero attached hydrogens (tertiary/aromatic N) is 4. The quantitative estimate of drug-likeness (QED) is 0.499. The fourth-order valence-corrected chi connectivity index (χ4v) is 2.62. The van der Waals surface area contributed by atoms with E-state index < -0.39 is 0 Å². The lowest BCUT2D eigenvalue weighted by atomic mass is 10.3. The van der Waals surface area contributed by atoms with Crippen LogP contribution in [0.2, 0.25) is 0 Å². The second-order valence-corrected chi connectivity index (χ2v) is 6.01. The van der Waals surface area contributed by atoms with Crippen LogP contribution in [0.3, 0.4) is 0 Å². The third kappa shape index (κ3) is 5.34. The summed E-state index contributed by atoms with van der Waals surface area (Å²) in [7, 11) is 3.11. The summed E-state index contributed by atoms with van der Waals surface area (Å²) in [5, 5.41) is 8.68. The fourth-order valence-electron chi connectivity index (χ4n) is 2.62. The average molecular weight is 397 g/mol. The number of ether oxygens (including phenoxy) is 2. The predicted octanol–water partition coefficient (Wildman–Crippen LogP) is 2.22. The molecule has 0 radical (unpaired) electrons. The number of nitrogens with one attached hydrogen (secondary N) is 3. The smallest absolute Gasteiger partial charge is 0.319 e. The van der Waals surface area contributed by atoms with Gasteiger partial charge in [0.1, 0.15) is 35.3 Å². The molecule has 0 spiro atoms. The molecule has 0 unspecified atom stereocenters. The van der Waals surface area contributed by atoms with Gasteiger partial charge in [0.05, 0.1) is 14.2 Å². The molecule has 2 heterocycles. The number of hydrogen-bond acceptors (Lipinski definition) is 7. The molecular weight excluding hydrogens is 374 g/mol. The molecule has 2 amide bonds. The van der Waals surface area contributed by atoms with E-state index in [0.717, 1.165) is 11.6 Å². The molecule has 0 aliphatic heterocycles. The van der Waals surface area contributed by atoms with Crippen molar-refractivity contribution in [1.29, 1.82) is 0 Å². The highest BCUT2D eigenvalue weighted by Crippen LogP contribution is 2.25. The number of rotatable bonds is 8. The SMILES string of the molecule is COc1cc(NC(=O)NCCNc2cc(-n3ccnc3C)ncn2)cc(OC)c1. The molecule has 3 aromatic rings. The van der Waals surface area contributed by atoms with E-state index in [2.05, 4.69) is 30.9 Å². The minimum Gasteiger partial charge on any atom is -0.497 e. The van der Waals surface area contributed by atoms with Crippen molar-refractivity contribution in [2.24, 2.45) is 0 Å². The van der Waals surface area contributed by atoms with Crippen LogP contribution in [0, 0.1) is 6.92 Å². The third-order valence-corrected chi connectivity index (χ3v) is 4.05. The van der Waals surface area contributed by atoms with Crippen LogP contribution in [0.4, 0.5) is 16.3 Å². The summed E-state index contributed by atoms with van der Waals surface area (Å²) in [6, 6.07) is 6.63. The Hall–Kier alpha value is -3.82. The number of amides is 2. The molecular formula is C19H23N7O3. The maximum atomic E-state index is 12.1. The fraction of sp³-hybridized carbons (Fsp3) is 0.263. The van der Waals surface area contributed by atoms with Crippen molar-refractivity contribution >= 4 is 17.5 Å². The minimum atomic E-state index is -0.334. The van der Waals surface area contributed by atoms with Gasteiger partial charge in [-0.25, -0.2) is 19.7 Å². The number of urea groups is 1. The highest BCUT2D eigenvalue weighted by atomic mass is 16.5. The minimum absolute atomic E-state index is 0.334. The first-order chi connectivity index (χ1) is 14.1. The van der Waals surface area contributed by atoms with Gasteiger partial charge < -0.3 is 25.4 Å². The zero-order valence-electron chi connectivity index (χ0n) is 16.5. The Bertz CT molecular complexity index is 952. The molecule has 0 aliphatic carbocycles. The zero-order chi connectivity index (χ0) is 20.6. The van der Waals surface area contributed by atoms with E-state index in [-0.39, 0.29) is 6.03 Å². The summed E-state index contributed by atoms with van der Waals surface area (Å²) in [4.78, 5) is 24.7. The molecule has 29 heavy (non-hydrogen) atoms. The second-order valence-electron chi connectivity index (χ2n) is 6.01. The van der Waals surface area contributed by atoms with Gasteiger partial charge in [-0.05, 0) is 6.92 Å². The van der Waals surface area contributed by atoms with E-state index in [1.807, 2.05) is 23.8 Å². The Morgan fingerprint density at radius 2 is 1.79 bits per heavy atom. The molecule has 2 aromatic heterocycles. The van der Waals surface area contributed by atoms with Crippen LogP contribution in [0.5, 0.6) is 11.5 Å². The van der Waals surface area contributed by atoms with E-state index in [9.17, 15) is 4.79 Å². The van der Waals surface area contributed by atoms with Gasteiger partial charge in [0.25, 0.3) is 0 Å². The van der Waals surface area contributed by atoms with Crippen LogP contribution in [-0.4, -0.2) is 52.9 Å². The number of aryl methyl sites for hydroxylation is 1. The summed E-state index contributed by atoms with van der Waals surface area (Å²) in [6.45, 7) is 2.79. The molecule has 3 N–H and O–H groups in total. The molecule has 10 nitrogen and oxygen atoms in total. The van der Waals surface area contributed by atoms with Crippen LogP contribution in [0.15, 0.2) is 43.0 Å². The normalized spacial score (nSPS) is 10.3. The first-order valence-electron chi connectivity index (χ1n) is 8.93. The predicted molar refractivity (Wildman–Crippen MR) is 109 cm³/mol. The van der Waals surface area contributed by atoms with Crippen molar-refractivity contribution in [1.82, 2.24) is 24.8 Å². The number of carbonyl (C=O) groups is 1. The number of hydrogen-bond donors (Lipinski definition) is 3. The topological polar surface area (TPSA) is 115 Å². The Morgan fingerprint density at radius 3 is 2.45 bits per heavy atom. The van der Waals surface area contributed by atoms with Crippen LogP contribution >= 0.6 is 0 Å². The molecule has 0 saturated heterocycles. The molecule has 0 saturated carbocycles. The van der Waals surface area contributed by atoms with E-state index in [0.29, 0.717) is 36.1 Å².